The Labute approximate surface area is 292 Å². The second-order valence-corrected chi connectivity index (χ2v) is 13.8. The number of rotatable bonds is 3. The van der Waals surface area contributed by atoms with Gasteiger partial charge in [0.05, 0.1) is 38.6 Å². The Morgan fingerprint density at radius 3 is 1.55 bits per heavy atom. The van der Waals surface area contributed by atoms with Crippen molar-refractivity contribution in [2.45, 2.75) is 0 Å². The molecule has 12 rings (SSSR count). The van der Waals surface area contributed by atoms with Gasteiger partial charge in [0.2, 0.25) is 0 Å². The molecule has 0 aliphatic carbocycles. The third-order valence-electron chi connectivity index (χ3n) is 11.3. The summed E-state index contributed by atoms with van der Waals surface area (Å²) >= 11 is 0. The molecule has 4 aromatic heterocycles. The van der Waals surface area contributed by atoms with E-state index in [1.165, 1.54) is 98.2 Å². The van der Waals surface area contributed by atoms with Crippen molar-refractivity contribution in [3.05, 3.63) is 170 Å². The second-order valence-electron chi connectivity index (χ2n) is 13.8. The van der Waals surface area contributed by atoms with Crippen LogP contribution in [0.5, 0.6) is 0 Å². The lowest BCUT2D eigenvalue weighted by Gasteiger charge is -2.11. The fourth-order valence-corrected chi connectivity index (χ4v) is 9.21. The molecule has 0 fully saturated rings. The van der Waals surface area contributed by atoms with Gasteiger partial charge in [-0.2, -0.15) is 0 Å². The molecule has 0 saturated carbocycles. The van der Waals surface area contributed by atoms with Crippen LogP contribution in [0, 0.1) is 0 Å². The Balaban J connectivity index is 1.31. The Kier molecular flexibility index (Phi) is 5.12. The molecule has 51 heavy (non-hydrogen) atoms. The Bertz CT molecular complexity index is 3370. The van der Waals surface area contributed by atoms with E-state index in [4.69, 9.17) is 0 Å². The lowest BCUT2D eigenvalue weighted by atomic mass is 9.97. The first-order valence-electron chi connectivity index (χ1n) is 17.6. The van der Waals surface area contributed by atoms with Crippen molar-refractivity contribution in [2.75, 3.05) is 0 Å². The van der Waals surface area contributed by atoms with E-state index >= 15 is 0 Å². The normalized spacial score (nSPS) is 12.4. The van der Waals surface area contributed by atoms with Crippen LogP contribution >= 0.6 is 0 Å². The van der Waals surface area contributed by atoms with E-state index in [2.05, 4.69) is 178 Å². The first-order chi connectivity index (χ1) is 25.3. The van der Waals surface area contributed by atoms with Crippen LogP contribution in [0.2, 0.25) is 0 Å². The minimum Gasteiger partial charge on any atom is -0.309 e. The average molecular weight is 648 g/mol. The number of aromatic nitrogens is 3. The summed E-state index contributed by atoms with van der Waals surface area (Å²) in [5.74, 6) is 0. The predicted molar refractivity (Wildman–Crippen MR) is 217 cm³/mol. The molecule has 0 aliphatic heterocycles. The molecule has 0 aliphatic rings. The van der Waals surface area contributed by atoms with Gasteiger partial charge in [0.15, 0.2) is 0 Å². The summed E-state index contributed by atoms with van der Waals surface area (Å²) in [6.45, 7) is 3.98. The van der Waals surface area contributed by atoms with Gasteiger partial charge in [-0.15, -0.1) is 0 Å². The van der Waals surface area contributed by atoms with E-state index in [9.17, 15) is 0 Å². The summed E-state index contributed by atoms with van der Waals surface area (Å²) in [5, 5.41) is 12.8. The summed E-state index contributed by atoms with van der Waals surface area (Å²) in [4.78, 5) is 0. The number of fused-ring (bicyclic) bond motifs is 15. The van der Waals surface area contributed by atoms with Crippen LogP contribution < -0.4 is 0 Å². The van der Waals surface area contributed by atoms with Gasteiger partial charge in [-0.1, -0.05) is 110 Å². The van der Waals surface area contributed by atoms with E-state index < -0.39 is 0 Å². The third-order valence-corrected chi connectivity index (χ3v) is 11.3. The monoisotopic (exact) mass is 647 g/mol. The largest absolute Gasteiger partial charge is 0.309 e. The SMILES string of the molecule is C=Cc1ccc(-n2c3ccccc3c3c4c(ccc32)ccc2c4c3cc(-n4c5ccccc5c5ccccc54)cc4c5ccccc5n2c43)cc1. The molecule has 0 spiro atoms. The van der Waals surface area contributed by atoms with Gasteiger partial charge in [0.1, 0.15) is 0 Å². The highest BCUT2D eigenvalue weighted by Crippen LogP contribution is 2.47. The van der Waals surface area contributed by atoms with E-state index in [0.717, 1.165) is 11.3 Å². The van der Waals surface area contributed by atoms with Gasteiger partial charge in [0.25, 0.3) is 0 Å². The molecule has 0 N–H and O–H groups in total. The highest BCUT2D eigenvalue weighted by molar-refractivity contribution is 6.36. The summed E-state index contributed by atoms with van der Waals surface area (Å²) < 4.78 is 7.39. The first kappa shape index (κ1) is 27.0. The minimum atomic E-state index is 1.11. The van der Waals surface area contributed by atoms with Gasteiger partial charge in [-0.25, -0.2) is 0 Å². The summed E-state index contributed by atoms with van der Waals surface area (Å²) in [6, 6.07) is 58.2. The number of hydrogen-bond acceptors (Lipinski definition) is 0. The van der Waals surface area contributed by atoms with Crippen LogP contribution in [0.15, 0.2) is 164 Å². The fourth-order valence-electron chi connectivity index (χ4n) is 9.21. The number of hydrogen-bond donors (Lipinski definition) is 0. The molecule has 4 heterocycles. The maximum atomic E-state index is 3.98. The maximum absolute atomic E-state index is 3.98. The summed E-state index contributed by atoms with van der Waals surface area (Å²) in [5.41, 5.74) is 12.1. The predicted octanol–water partition coefficient (Wildman–Crippen LogP) is 12.8. The van der Waals surface area contributed by atoms with Crippen molar-refractivity contribution in [2.24, 2.45) is 0 Å². The molecule has 0 bridgehead atoms. The zero-order chi connectivity index (χ0) is 33.4. The van der Waals surface area contributed by atoms with E-state index in [-0.39, 0.29) is 0 Å². The van der Waals surface area contributed by atoms with Crippen molar-refractivity contribution >= 4 is 98.6 Å². The van der Waals surface area contributed by atoms with Crippen molar-refractivity contribution in [1.82, 2.24) is 13.5 Å². The van der Waals surface area contributed by atoms with Crippen molar-refractivity contribution in [3.63, 3.8) is 0 Å². The van der Waals surface area contributed by atoms with Gasteiger partial charge in [0, 0.05) is 59.9 Å². The van der Waals surface area contributed by atoms with Gasteiger partial charge in [-0.3, -0.25) is 0 Å². The second kappa shape index (κ2) is 9.65. The molecule has 12 aromatic rings. The van der Waals surface area contributed by atoms with E-state index in [1.54, 1.807) is 0 Å². The standard InChI is InChI=1S/C48H29N3/c1-2-29-19-23-31(24-20-29)49-42-18-10-6-14-36(42)46-43(49)25-21-30-22-26-44-47(45(30)46)38-28-32(27-37-35-13-5-9-17-41(35)51(44)48(37)38)50-39-15-7-3-11-33(39)34-12-4-8-16-40(34)50/h2-28H,1H2. The summed E-state index contributed by atoms with van der Waals surface area (Å²) in [6.07, 6.45) is 1.90. The summed E-state index contributed by atoms with van der Waals surface area (Å²) in [7, 11) is 0. The van der Waals surface area contributed by atoms with Crippen molar-refractivity contribution < 1.29 is 0 Å². The highest BCUT2D eigenvalue weighted by Gasteiger charge is 2.24. The molecule has 3 nitrogen and oxygen atoms in total. The average Bonchev–Trinajstić information content (AvgIpc) is 3.92. The molecular formula is C48H29N3. The lowest BCUT2D eigenvalue weighted by molar-refractivity contribution is 1.18. The van der Waals surface area contributed by atoms with Crippen LogP contribution in [-0.4, -0.2) is 13.5 Å². The van der Waals surface area contributed by atoms with Gasteiger partial charge < -0.3 is 13.5 Å². The van der Waals surface area contributed by atoms with Crippen LogP contribution in [0.3, 0.4) is 0 Å². The molecule has 0 amide bonds. The first-order valence-corrected chi connectivity index (χ1v) is 17.6. The van der Waals surface area contributed by atoms with Crippen LogP contribution in [0.25, 0.3) is 110 Å². The van der Waals surface area contributed by atoms with Gasteiger partial charge >= 0.3 is 0 Å². The number of nitrogens with zero attached hydrogens (tertiary/aromatic N) is 3. The molecule has 0 saturated heterocycles. The molecule has 8 aromatic carbocycles. The fraction of sp³-hybridized carbons (Fsp3) is 0. The number of para-hydroxylation sites is 4. The Morgan fingerprint density at radius 1 is 0.373 bits per heavy atom. The molecule has 0 atom stereocenters. The number of benzene rings is 8. The third kappa shape index (κ3) is 3.38. The van der Waals surface area contributed by atoms with Crippen LogP contribution in [0.1, 0.15) is 5.56 Å². The minimum absolute atomic E-state index is 1.11. The van der Waals surface area contributed by atoms with Crippen molar-refractivity contribution in [3.8, 4) is 11.4 Å². The van der Waals surface area contributed by atoms with Crippen LogP contribution in [-0.2, 0) is 0 Å². The Hall–Kier alpha value is -6.84. The molecule has 0 radical (unpaired) electrons. The molecular weight excluding hydrogens is 619 g/mol. The zero-order valence-corrected chi connectivity index (χ0v) is 27.6. The highest BCUT2D eigenvalue weighted by atomic mass is 15.0. The van der Waals surface area contributed by atoms with Crippen molar-refractivity contribution in [1.29, 1.82) is 0 Å². The zero-order valence-electron chi connectivity index (χ0n) is 27.6. The topological polar surface area (TPSA) is 14.3 Å². The quantitative estimate of drug-likeness (QED) is 0.181. The smallest absolute Gasteiger partial charge is 0.0622 e. The lowest BCUT2D eigenvalue weighted by Crippen LogP contribution is -1.94. The molecule has 236 valence electrons. The molecule has 3 heteroatoms. The van der Waals surface area contributed by atoms with E-state index in [1.807, 2.05) is 6.08 Å². The molecule has 0 unspecified atom stereocenters. The van der Waals surface area contributed by atoms with Gasteiger partial charge in [-0.05, 0) is 71.6 Å². The van der Waals surface area contributed by atoms with Crippen LogP contribution in [0.4, 0.5) is 0 Å². The van der Waals surface area contributed by atoms with E-state index in [0.29, 0.717) is 0 Å². The maximum Gasteiger partial charge on any atom is 0.0622 e. The Morgan fingerprint density at radius 2 is 0.882 bits per heavy atom.